The second kappa shape index (κ2) is 13.0. The summed E-state index contributed by atoms with van der Waals surface area (Å²) in [5.41, 5.74) is 8.54. The van der Waals surface area contributed by atoms with Crippen LogP contribution in [0.3, 0.4) is 0 Å². The third kappa shape index (κ3) is 5.95. The zero-order chi connectivity index (χ0) is 33.4. The number of nitrogens with one attached hydrogen (secondary N) is 1. The van der Waals surface area contributed by atoms with Crippen molar-refractivity contribution >= 4 is 51.9 Å². The van der Waals surface area contributed by atoms with Crippen molar-refractivity contribution < 1.29 is 18.8 Å². The van der Waals surface area contributed by atoms with Gasteiger partial charge in [0.15, 0.2) is 11.5 Å². The third-order valence-electron chi connectivity index (χ3n) is 8.93. The van der Waals surface area contributed by atoms with Crippen LogP contribution in [0.15, 0.2) is 73.1 Å². The first-order valence-electron chi connectivity index (χ1n) is 15.8. The molecule has 5 aromatic rings. The van der Waals surface area contributed by atoms with Gasteiger partial charge in [0.1, 0.15) is 12.6 Å². The van der Waals surface area contributed by atoms with Crippen molar-refractivity contribution in [3.05, 3.63) is 89.6 Å². The van der Waals surface area contributed by atoms with E-state index in [1.165, 1.54) is 15.6 Å². The number of nitrogens with two attached hydrogens (primary N) is 1. The molecule has 2 fully saturated rings. The number of amides is 3. The normalized spacial score (nSPS) is 16.1. The minimum Gasteiger partial charge on any atom is -0.364 e. The summed E-state index contributed by atoms with van der Waals surface area (Å²) < 4.78 is 17.0. The molecule has 2 saturated heterocycles. The number of nitrogens with zero attached hydrogens (tertiary/aromatic N) is 6. The number of halogens is 2. The number of likely N-dealkylation sites (tertiary alicyclic amines) is 1. The van der Waals surface area contributed by atoms with E-state index in [-0.39, 0.29) is 29.4 Å². The maximum absolute atomic E-state index is 15.6. The molecule has 0 unspecified atom stereocenters. The molecule has 0 aliphatic carbocycles. The van der Waals surface area contributed by atoms with Crippen LogP contribution in [0.2, 0.25) is 5.02 Å². The van der Waals surface area contributed by atoms with Gasteiger partial charge in [-0.15, -0.1) is 0 Å². The maximum Gasteiger partial charge on any atom is 0.269 e. The van der Waals surface area contributed by atoms with Crippen LogP contribution in [0.5, 0.6) is 0 Å². The molecule has 4 heterocycles. The molecule has 0 bridgehead atoms. The minimum absolute atomic E-state index is 0.00669. The van der Waals surface area contributed by atoms with E-state index in [0.717, 1.165) is 37.1 Å². The van der Waals surface area contributed by atoms with Gasteiger partial charge in [-0.1, -0.05) is 48.0 Å². The van der Waals surface area contributed by atoms with Gasteiger partial charge in [0.25, 0.3) is 5.91 Å². The number of rotatable bonds is 8. The highest BCUT2D eigenvalue weighted by molar-refractivity contribution is 6.33. The zero-order valence-corrected chi connectivity index (χ0v) is 26.7. The molecular formula is C35H32ClFN8O3. The van der Waals surface area contributed by atoms with E-state index in [0.29, 0.717) is 46.8 Å². The van der Waals surface area contributed by atoms with Crippen molar-refractivity contribution in [2.45, 2.75) is 38.3 Å². The van der Waals surface area contributed by atoms with Crippen LogP contribution in [0.25, 0.3) is 33.2 Å². The van der Waals surface area contributed by atoms with E-state index in [1.54, 1.807) is 60.9 Å². The van der Waals surface area contributed by atoms with Gasteiger partial charge in [-0.25, -0.2) is 14.4 Å². The SMILES string of the molecule is NC(=O)c1nn(CC(=O)N2CCC[C@H]2C(=O)Nc2cccc(-c3ccccc3Cl)c2F)c2ccc(-c3cnc(N4CCCC4)nc3)cc12. The molecule has 2 aromatic heterocycles. The Labute approximate surface area is 280 Å². The Morgan fingerprint density at radius 2 is 1.67 bits per heavy atom. The number of aromatic nitrogens is 4. The highest BCUT2D eigenvalue weighted by atomic mass is 35.5. The summed E-state index contributed by atoms with van der Waals surface area (Å²) in [6.07, 6.45) is 6.75. The fraction of sp³-hybridized carbons (Fsp3) is 0.257. The summed E-state index contributed by atoms with van der Waals surface area (Å²) in [4.78, 5) is 52.2. The fourth-order valence-electron chi connectivity index (χ4n) is 6.50. The molecule has 0 saturated carbocycles. The Morgan fingerprint density at radius 3 is 2.42 bits per heavy atom. The smallest absolute Gasteiger partial charge is 0.269 e. The molecule has 3 amide bonds. The summed E-state index contributed by atoms with van der Waals surface area (Å²) in [6, 6.07) is 16.2. The lowest BCUT2D eigenvalue weighted by Gasteiger charge is -2.24. The maximum atomic E-state index is 15.6. The molecule has 2 aliphatic rings. The predicted molar refractivity (Wildman–Crippen MR) is 181 cm³/mol. The summed E-state index contributed by atoms with van der Waals surface area (Å²) in [5.74, 6) is -1.53. The molecule has 48 heavy (non-hydrogen) atoms. The lowest BCUT2D eigenvalue weighted by Crippen LogP contribution is -2.44. The quantitative estimate of drug-likeness (QED) is 0.230. The monoisotopic (exact) mass is 666 g/mol. The fourth-order valence-corrected chi connectivity index (χ4v) is 6.74. The molecular weight excluding hydrogens is 635 g/mol. The first-order chi connectivity index (χ1) is 23.3. The summed E-state index contributed by atoms with van der Waals surface area (Å²) in [6.45, 7) is 1.99. The highest BCUT2D eigenvalue weighted by Crippen LogP contribution is 2.33. The lowest BCUT2D eigenvalue weighted by molar-refractivity contribution is -0.137. The van der Waals surface area contributed by atoms with Crippen LogP contribution < -0.4 is 16.0 Å². The van der Waals surface area contributed by atoms with Crippen molar-refractivity contribution in [3.63, 3.8) is 0 Å². The largest absolute Gasteiger partial charge is 0.364 e. The van der Waals surface area contributed by atoms with E-state index in [4.69, 9.17) is 17.3 Å². The van der Waals surface area contributed by atoms with E-state index >= 15 is 4.39 Å². The third-order valence-corrected chi connectivity index (χ3v) is 9.26. The molecule has 0 radical (unpaired) electrons. The summed E-state index contributed by atoms with van der Waals surface area (Å²) in [5, 5.41) is 7.94. The number of anilines is 2. The summed E-state index contributed by atoms with van der Waals surface area (Å²) in [7, 11) is 0. The predicted octanol–water partition coefficient (Wildman–Crippen LogP) is 5.28. The topological polar surface area (TPSA) is 139 Å². The average molecular weight is 667 g/mol. The molecule has 7 rings (SSSR count). The highest BCUT2D eigenvalue weighted by Gasteiger charge is 2.35. The Balaban J connectivity index is 1.09. The van der Waals surface area contributed by atoms with E-state index in [2.05, 4.69) is 25.3 Å². The number of carbonyl (C=O) groups excluding carboxylic acids is 3. The second-order valence-electron chi connectivity index (χ2n) is 11.9. The Morgan fingerprint density at radius 1 is 0.917 bits per heavy atom. The first kappa shape index (κ1) is 31.3. The zero-order valence-electron chi connectivity index (χ0n) is 25.9. The number of hydrogen-bond acceptors (Lipinski definition) is 7. The minimum atomic E-state index is -0.812. The van der Waals surface area contributed by atoms with Crippen LogP contribution in [0, 0.1) is 5.82 Å². The van der Waals surface area contributed by atoms with Crippen LogP contribution in [0.4, 0.5) is 16.0 Å². The van der Waals surface area contributed by atoms with Crippen molar-refractivity contribution in [2.24, 2.45) is 5.73 Å². The Bertz CT molecular complexity index is 2040. The van der Waals surface area contributed by atoms with Gasteiger partial charge in [0.2, 0.25) is 17.8 Å². The van der Waals surface area contributed by atoms with Gasteiger partial charge in [-0.3, -0.25) is 19.1 Å². The first-order valence-corrected chi connectivity index (χ1v) is 16.2. The number of carbonyl (C=O) groups is 3. The molecule has 11 nitrogen and oxygen atoms in total. The molecule has 3 N–H and O–H groups in total. The van der Waals surface area contributed by atoms with E-state index in [1.807, 2.05) is 6.07 Å². The molecule has 13 heteroatoms. The second-order valence-corrected chi connectivity index (χ2v) is 12.4. The van der Waals surface area contributed by atoms with Crippen LogP contribution in [-0.2, 0) is 16.1 Å². The molecule has 244 valence electrons. The molecule has 1 atom stereocenters. The van der Waals surface area contributed by atoms with Crippen molar-refractivity contribution in [2.75, 3.05) is 29.9 Å². The van der Waals surface area contributed by atoms with Gasteiger partial charge in [0.05, 0.1) is 11.2 Å². The van der Waals surface area contributed by atoms with E-state index < -0.39 is 23.7 Å². The molecule has 2 aliphatic heterocycles. The molecule has 0 spiro atoms. The van der Waals surface area contributed by atoms with Crippen LogP contribution >= 0.6 is 11.6 Å². The van der Waals surface area contributed by atoms with Gasteiger partial charge < -0.3 is 20.9 Å². The van der Waals surface area contributed by atoms with Crippen molar-refractivity contribution in [1.82, 2.24) is 24.6 Å². The van der Waals surface area contributed by atoms with Gasteiger partial charge >= 0.3 is 0 Å². The van der Waals surface area contributed by atoms with Crippen LogP contribution in [0.1, 0.15) is 36.2 Å². The van der Waals surface area contributed by atoms with Crippen molar-refractivity contribution in [3.8, 4) is 22.3 Å². The van der Waals surface area contributed by atoms with Gasteiger partial charge in [-0.05, 0) is 55.5 Å². The van der Waals surface area contributed by atoms with Crippen LogP contribution in [-0.4, -0.2) is 68.0 Å². The number of hydrogen-bond donors (Lipinski definition) is 2. The Hall–Kier alpha value is -5.36. The Kier molecular flexibility index (Phi) is 8.49. The average Bonchev–Trinajstić information content (AvgIpc) is 3.87. The standard InChI is InChI=1S/C35H32ClFN8O3/c36-26-9-2-1-7-23(26)24-8-5-10-27(31(24)37)41-34(48)29-11-6-16-44(29)30(46)20-45-28-13-12-21(17-25(28)32(42-45)33(38)47)22-18-39-35(40-19-22)43-14-3-4-15-43/h1-2,5,7-10,12-13,17-19,29H,3-4,6,11,14-16,20H2,(H2,38,47)(H,41,48)/t29-/m0/s1. The van der Waals surface area contributed by atoms with Gasteiger partial charge in [-0.2, -0.15) is 5.10 Å². The lowest BCUT2D eigenvalue weighted by atomic mass is 10.0. The summed E-state index contributed by atoms with van der Waals surface area (Å²) >= 11 is 6.29. The number of benzene rings is 3. The van der Waals surface area contributed by atoms with E-state index in [9.17, 15) is 14.4 Å². The van der Waals surface area contributed by atoms with Crippen molar-refractivity contribution in [1.29, 1.82) is 0 Å². The molecule has 3 aromatic carbocycles. The number of fused-ring (bicyclic) bond motifs is 1. The van der Waals surface area contributed by atoms with Gasteiger partial charge in [0, 0.05) is 59.1 Å². The number of primary amides is 1.